The van der Waals surface area contributed by atoms with Crippen molar-refractivity contribution in [3.8, 4) is 0 Å². The second kappa shape index (κ2) is 5.83. The summed E-state index contributed by atoms with van der Waals surface area (Å²) >= 11 is 1.66. The summed E-state index contributed by atoms with van der Waals surface area (Å²) in [6, 6.07) is 5.95. The number of anilines is 1. The van der Waals surface area contributed by atoms with Gasteiger partial charge in [-0.1, -0.05) is 0 Å². The van der Waals surface area contributed by atoms with E-state index in [1.54, 1.807) is 17.4 Å². The van der Waals surface area contributed by atoms with Crippen LogP contribution in [-0.4, -0.2) is 21.8 Å². The molecule has 1 saturated carbocycles. The summed E-state index contributed by atoms with van der Waals surface area (Å²) < 4.78 is 0. The van der Waals surface area contributed by atoms with Crippen LogP contribution >= 0.6 is 11.3 Å². The number of hydrogen-bond acceptors (Lipinski definition) is 5. The molecule has 0 bridgehead atoms. The Morgan fingerprint density at radius 1 is 1.52 bits per heavy atom. The number of amides is 1. The van der Waals surface area contributed by atoms with E-state index in [0.29, 0.717) is 24.0 Å². The third-order valence-corrected chi connectivity index (χ3v) is 4.26. The number of nitrogen functional groups attached to an aromatic ring is 1. The highest BCUT2D eigenvalue weighted by atomic mass is 32.1. The summed E-state index contributed by atoms with van der Waals surface area (Å²) in [5.41, 5.74) is 5.11. The van der Waals surface area contributed by atoms with Crippen molar-refractivity contribution in [2.75, 3.05) is 5.43 Å². The second-order valence-electron chi connectivity index (χ2n) is 5.32. The number of hydrogen-bond donors (Lipinski definition) is 2. The highest BCUT2D eigenvalue weighted by Gasteiger charge is 2.33. The molecule has 110 valence electrons. The SMILES string of the molecule is Cc1cc(C(=O)N(Cc2ccsc2)C2CC2)cc(NN)n1. The van der Waals surface area contributed by atoms with E-state index in [2.05, 4.69) is 21.9 Å². The fourth-order valence-corrected chi connectivity index (χ4v) is 3.02. The molecule has 0 saturated heterocycles. The number of carbonyl (C=O) groups excluding carboxylic acids is 1. The summed E-state index contributed by atoms with van der Waals surface area (Å²) in [5, 5.41) is 4.13. The van der Waals surface area contributed by atoms with E-state index in [0.717, 1.165) is 18.5 Å². The van der Waals surface area contributed by atoms with Gasteiger partial charge in [0.15, 0.2) is 0 Å². The Morgan fingerprint density at radius 3 is 2.95 bits per heavy atom. The molecule has 3 rings (SSSR count). The van der Waals surface area contributed by atoms with Crippen LogP contribution in [0.2, 0.25) is 0 Å². The number of carbonyl (C=O) groups is 1. The number of nitrogens with two attached hydrogens (primary N) is 1. The van der Waals surface area contributed by atoms with Crippen molar-refractivity contribution in [2.24, 2.45) is 5.84 Å². The fourth-order valence-electron chi connectivity index (χ4n) is 2.36. The van der Waals surface area contributed by atoms with Gasteiger partial charge >= 0.3 is 0 Å². The summed E-state index contributed by atoms with van der Waals surface area (Å²) in [6.07, 6.45) is 2.17. The van der Waals surface area contributed by atoms with Crippen molar-refractivity contribution in [1.82, 2.24) is 9.88 Å². The van der Waals surface area contributed by atoms with Crippen LogP contribution in [0.25, 0.3) is 0 Å². The highest BCUT2D eigenvalue weighted by molar-refractivity contribution is 7.07. The van der Waals surface area contributed by atoms with Gasteiger partial charge in [-0.2, -0.15) is 11.3 Å². The van der Waals surface area contributed by atoms with Crippen LogP contribution in [0.5, 0.6) is 0 Å². The molecule has 1 fully saturated rings. The zero-order valence-electron chi connectivity index (χ0n) is 11.9. The lowest BCUT2D eigenvalue weighted by atomic mass is 10.2. The van der Waals surface area contributed by atoms with Crippen molar-refractivity contribution in [2.45, 2.75) is 32.4 Å². The number of aromatic nitrogens is 1. The van der Waals surface area contributed by atoms with Gasteiger partial charge in [0.1, 0.15) is 5.82 Å². The number of hydrazine groups is 1. The quantitative estimate of drug-likeness (QED) is 0.658. The molecule has 0 atom stereocenters. The van der Waals surface area contributed by atoms with Gasteiger partial charge in [0.2, 0.25) is 0 Å². The molecule has 1 aliphatic rings. The lowest BCUT2D eigenvalue weighted by Gasteiger charge is -2.22. The average Bonchev–Trinajstić information content (AvgIpc) is 3.20. The average molecular weight is 302 g/mol. The van der Waals surface area contributed by atoms with Gasteiger partial charge in [-0.3, -0.25) is 4.79 Å². The largest absolute Gasteiger partial charge is 0.331 e. The van der Waals surface area contributed by atoms with Crippen molar-refractivity contribution in [3.63, 3.8) is 0 Å². The number of nitrogens with one attached hydrogen (secondary N) is 1. The minimum atomic E-state index is 0.0469. The first-order chi connectivity index (χ1) is 10.2. The molecule has 6 heteroatoms. The monoisotopic (exact) mass is 302 g/mol. The number of pyridine rings is 1. The third-order valence-electron chi connectivity index (χ3n) is 3.53. The molecular weight excluding hydrogens is 284 g/mol. The van der Waals surface area contributed by atoms with Gasteiger partial charge in [0.05, 0.1) is 0 Å². The first-order valence-corrected chi connectivity index (χ1v) is 7.89. The normalized spacial score (nSPS) is 14.0. The van der Waals surface area contributed by atoms with Crippen LogP contribution in [0.15, 0.2) is 29.0 Å². The molecule has 0 aromatic carbocycles. The van der Waals surface area contributed by atoms with Crippen molar-refractivity contribution < 1.29 is 4.79 Å². The first kappa shape index (κ1) is 14.0. The van der Waals surface area contributed by atoms with Crippen molar-refractivity contribution in [1.29, 1.82) is 0 Å². The van der Waals surface area contributed by atoms with Gasteiger partial charge in [0, 0.05) is 23.8 Å². The number of thiophene rings is 1. The molecule has 1 amide bonds. The molecule has 2 aromatic rings. The Balaban J connectivity index is 1.85. The minimum Gasteiger partial charge on any atom is -0.331 e. The van der Waals surface area contributed by atoms with Crippen LogP contribution in [0.1, 0.15) is 34.5 Å². The van der Waals surface area contributed by atoms with E-state index < -0.39 is 0 Å². The zero-order valence-corrected chi connectivity index (χ0v) is 12.7. The van der Waals surface area contributed by atoms with Crippen molar-refractivity contribution >= 4 is 23.1 Å². The Morgan fingerprint density at radius 2 is 2.33 bits per heavy atom. The van der Waals surface area contributed by atoms with Gasteiger partial charge in [-0.05, 0) is 54.3 Å². The second-order valence-corrected chi connectivity index (χ2v) is 6.10. The molecule has 2 aromatic heterocycles. The Bertz CT molecular complexity index is 637. The predicted molar refractivity (Wildman–Crippen MR) is 84.0 cm³/mol. The smallest absolute Gasteiger partial charge is 0.254 e. The maximum atomic E-state index is 12.8. The maximum absolute atomic E-state index is 12.8. The van der Waals surface area contributed by atoms with E-state index >= 15 is 0 Å². The molecule has 3 N–H and O–H groups in total. The van der Waals surface area contributed by atoms with Gasteiger partial charge < -0.3 is 10.3 Å². The molecule has 21 heavy (non-hydrogen) atoms. The molecule has 1 aliphatic carbocycles. The van der Waals surface area contributed by atoms with Gasteiger partial charge in [-0.25, -0.2) is 10.8 Å². The highest BCUT2D eigenvalue weighted by Crippen LogP contribution is 2.30. The molecule has 0 unspecified atom stereocenters. The Hall–Kier alpha value is -1.92. The van der Waals surface area contributed by atoms with Crippen LogP contribution in [0.4, 0.5) is 5.82 Å². The summed E-state index contributed by atoms with van der Waals surface area (Å²) in [6.45, 7) is 2.53. The minimum absolute atomic E-state index is 0.0469. The Labute approximate surface area is 127 Å². The lowest BCUT2D eigenvalue weighted by Crippen LogP contribution is -2.32. The van der Waals surface area contributed by atoms with E-state index in [-0.39, 0.29) is 5.91 Å². The first-order valence-electron chi connectivity index (χ1n) is 6.94. The van der Waals surface area contributed by atoms with E-state index in [9.17, 15) is 4.79 Å². The Kier molecular flexibility index (Phi) is 3.90. The lowest BCUT2D eigenvalue weighted by molar-refractivity contribution is 0.0730. The number of rotatable bonds is 5. The fraction of sp³-hybridized carbons (Fsp3) is 0.333. The molecule has 0 aliphatic heterocycles. The summed E-state index contributed by atoms with van der Waals surface area (Å²) in [7, 11) is 0. The topological polar surface area (TPSA) is 71.2 Å². The van der Waals surface area contributed by atoms with Gasteiger partial charge in [0.25, 0.3) is 5.91 Å². The van der Waals surface area contributed by atoms with Gasteiger partial charge in [-0.15, -0.1) is 0 Å². The molecule has 5 nitrogen and oxygen atoms in total. The number of aryl methyl sites for hydroxylation is 1. The summed E-state index contributed by atoms with van der Waals surface area (Å²) in [5.74, 6) is 5.97. The molecule has 0 spiro atoms. The maximum Gasteiger partial charge on any atom is 0.254 e. The molecule has 2 heterocycles. The van der Waals surface area contributed by atoms with E-state index in [4.69, 9.17) is 5.84 Å². The standard InChI is InChI=1S/C15H18N4OS/c1-10-6-12(7-14(17-10)18-16)15(20)19(13-2-3-13)8-11-4-5-21-9-11/h4-7,9,13H,2-3,8,16H2,1H3,(H,17,18). The van der Waals surface area contributed by atoms with Crippen LogP contribution in [0.3, 0.4) is 0 Å². The van der Waals surface area contributed by atoms with Crippen LogP contribution < -0.4 is 11.3 Å². The molecule has 0 radical (unpaired) electrons. The molecular formula is C15H18N4OS. The number of nitrogens with zero attached hydrogens (tertiary/aromatic N) is 2. The van der Waals surface area contributed by atoms with Crippen molar-refractivity contribution in [3.05, 3.63) is 45.8 Å². The van der Waals surface area contributed by atoms with Crippen LogP contribution in [0, 0.1) is 6.92 Å². The predicted octanol–water partition coefficient (Wildman–Crippen LogP) is 2.54. The van der Waals surface area contributed by atoms with E-state index in [1.165, 1.54) is 5.56 Å². The third kappa shape index (κ3) is 3.22. The summed E-state index contributed by atoms with van der Waals surface area (Å²) in [4.78, 5) is 19.0. The van der Waals surface area contributed by atoms with Crippen LogP contribution in [-0.2, 0) is 6.54 Å². The van der Waals surface area contributed by atoms with E-state index in [1.807, 2.05) is 23.3 Å². The zero-order chi connectivity index (χ0) is 14.8.